The van der Waals surface area contributed by atoms with Crippen molar-refractivity contribution in [3.05, 3.63) is 32.6 Å². The molecule has 0 saturated carbocycles. The van der Waals surface area contributed by atoms with Gasteiger partial charge in [0.15, 0.2) is 6.23 Å². The minimum atomic E-state index is -6.04. The standard InChI is InChI=1S/C11H18ClN2O14P3/c1-5-3-14(10(17)13-8(5)16)9-11(2,12)7(15)6(26-9)4-25-30(21,22)28-31(23,24)27-29(18,19)20/h3,6-7,9,15H,4H2,1-2H3,(H,21,22)(H,23,24)(H,13,16,17)(H2,18,19,20)/p-2/t6-,7-,9-,11-/m1/s1. The summed E-state index contributed by atoms with van der Waals surface area (Å²) in [6, 6.07) is 0. The van der Waals surface area contributed by atoms with Crippen molar-refractivity contribution in [1.29, 1.82) is 0 Å². The van der Waals surface area contributed by atoms with Gasteiger partial charge in [0.25, 0.3) is 21.2 Å². The molecule has 0 aromatic carbocycles. The van der Waals surface area contributed by atoms with E-state index in [0.717, 1.165) is 10.8 Å². The Morgan fingerprint density at radius 1 is 1.29 bits per heavy atom. The molecular formula is C11H16ClN2O14P3-2. The Hall–Kier alpha value is -0.700. The monoisotopic (exact) mass is 528 g/mol. The number of aromatic amines is 1. The van der Waals surface area contributed by atoms with E-state index in [2.05, 4.69) is 13.1 Å². The van der Waals surface area contributed by atoms with Crippen LogP contribution in [0, 0.1) is 6.92 Å². The Labute approximate surface area is 177 Å². The lowest BCUT2D eigenvalue weighted by Crippen LogP contribution is -2.43. The molecule has 0 spiro atoms. The number of nitrogens with zero attached hydrogens (tertiary/aromatic N) is 1. The van der Waals surface area contributed by atoms with Crippen LogP contribution in [0.25, 0.3) is 0 Å². The highest BCUT2D eigenvalue weighted by atomic mass is 35.5. The summed E-state index contributed by atoms with van der Waals surface area (Å²) in [7, 11) is -17.5. The molecule has 0 radical (unpaired) electrons. The molecule has 1 aromatic rings. The first-order valence-corrected chi connectivity index (χ1v) is 12.8. The molecule has 4 N–H and O–H groups in total. The van der Waals surface area contributed by atoms with Crippen LogP contribution >= 0.6 is 35.1 Å². The number of hydrogen-bond acceptors (Lipinski definition) is 12. The lowest BCUT2D eigenvalue weighted by molar-refractivity contribution is -0.236. The van der Waals surface area contributed by atoms with Crippen molar-refractivity contribution in [2.75, 3.05) is 6.61 Å². The number of rotatable bonds is 8. The Morgan fingerprint density at radius 2 is 1.87 bits per heavy atom. The van der Waals surface area contributed by atoms with E-state index in [0.29, 0.717) is 0 Å². The van der Waals surface area contributed by atoms with Crippen molar-refractivity contribution >= 4 is 35.1 Å². The summed E-state index contributed by atoms with van der Waals surface area (Å²) in [6.07, 6.45) is -3.49. The first kappa shape index (κ1) is 26.6. The fraction of sp³-hybridized carbons (Fsp3) is 0.636. The van der Waals surface area contributed by atoms with E-state index in [1.807, 2.05) is 4.98 Å². The zero-order valence-electron chi connectivity index (χ0n) is 15.5. The number of aryl methyl sites for hydroxylation is 1. The predicted molar refractivity (Wildman–Crippen MR) is 95.6 cm³/mol. The molecule has 178 valence electrons. The molecule has 0 amide bonds. The highest BCUT2D eigenvalue weighted by molar-refractivity contribution is 7.65. The second kappa shape index (κ2) is 8.92. The first-order chi connectivity index (χ1) is 13.8. The number of hydrogen-bond donors (Lipinski definition) is 4. The van der Waals surface area contributed by atoms with Crippen LogP contribution in [0.5, 0.6) is 0 Å². The average Bonchev–Trinajstić information content (AvgIpc) is 2.76. The van der Waals surface area contributed by atoms with Gasteiger partial charge >= 0.3 is 13.5 Å². The molecule has 1 aliphatic rings. The van der Waals surface area contributed by atoms with Gasteiger partial charge < -0.3 is 29.4 Å². The number of phosphoric acid groups is 3. The second-order valence-corrected chi connectivity index (χ2v) is 11.6. The molecule has 7 atom stereocenters. The molecule has 31 heavy (non-hydrogen) atoms. The van der Waals surface area contributed by atoms with Gasteiger partial charge in [0.1, 0.15) is 17.1 Å². The van der Waals surface area contributed by atoms with Crippen molar-refractivity contribution < 1.29 is 56.3 Å². The highest BCUT2D eigenvalue weighted by Crippen LogP contribution is 2.63. The summed E-state index contributed by atoms with van der Waals surface area (Å²) in [4.78, 5) is 63.3. The number of halogens is 1. The lowest BCUT2D eigenvalue weighted by atomic mass is 10.0. The van der Waals surface area contributed by atoms with Gasteiger partial charge in [0.2, 0.25) is 0 Å². The molecular weight excluding hydrogens is 512 g/mol. The van der Waals surface area contributed by atoms with E-state index in [4.69, 9.17) is 21.2 Å². The maximum atomic E-state index is 12.1. The summed E-state index contributed by atoms with van der Waals surface area (Å²) in [5.74, 6) is 0. The molecule has 1 aromatic heterocycles. The van der Waals surface area contributed by atoms with Crippen LogP contribution in [0.2, 0.25) is 0 Å². The van der Waals surface area contributed by atoms with Crippen LogP contribution < -0.4 is 21.0 Å². The van der Waals surface area contributed by atoms with Crippen molar-refractivity contribution in [1.82, 2.24) is 9.55 Å². The van der Waals surface area contributed by atoms with Gasteiger partial charge in [-0.3, -0.25) is 28.0 Å². The van der Waals surface area contributed by atoms with Gasteiger partial charge in [-0.2, -0.15) is 0 Å². The predicted octanol–water partition coefficient (Wildman–Crippen LogP) is -1.82. The van der Waals surface area contributed by atoms with Gasteiger partial charge in [0.05, 0.1) is 6.61 Å². The molecule has 1 aliphatic heterocycles. The third kappa shape index (κ3) is 6.65. The molecule has 1 saturated heterocycles. The van der Waals surface area contributed by atoms with Gasteiger partial charge in [-0.05, 0) is 13.8 Å². The van der Waals surface area contributed by atoms with Crippen LogP contribution in [0.15, 0.2) is 15.8 Å². The summed E-state index contributed by atoms with van der Waals surface area (Å²) in [5, 5.41) is 10.4. The summed E-state index contributed by atoms with van der Waals surface area (Å²) in [6.45, 7) is 1.60. The van der Waals surface area contributed by atoms with Gasteiger partial charge in [-0.1, -0.05) is 0 Å². The number of H-pyrrole nitrogens is 1. The van der Waals surface area contributed by atoms with E-state index in [1.54, 1.807) is 0 Å². The second-order valence-electron chi connectivity index (χ2n) is 6.44. The Kier molecular flexibility index (Phi) is 7.64. The number of aromatic nitrogens is 2. The van der Waals surface area contributed by atoms with Crippen molar-refractivity contribution in [2.45, 2.75) is 37.2 Å². The maximum Gasteiger partial charge on any atom is 0.478 e. The number of aliphatic hydroxyl groups excluding tert-OH is 1. The fourth-order valence-electron chi connectivity index (χ4n) is 2.57. The third-order valence-electron chi connectivity index (χ3n) is 3.92. The molecule has 1 fully saturated rings. The van der Waals surface area contributed by atoms with E-state index in [-0.39, 0.29) is 5.56 Å². The average molecular weight is 529 g/mol. The summed E-state index contributed by atoms with van der Waals surface area (Å²) < 4.78 is 50.7. The number of phosphoric ester groups is 1. The maximum absolute atomic E-state index is 12.1. The highest BCUT2D eigenvalue weighted by Gasteiger charge is 2.54. The number of aliphatic hydroxyl groups is 1. The van der Waals surface area contributed by atoms with Crippen molar-refractivity contribution in [3.8, 4) is 0 Å². The van der Waals surface area contributed by atoms with Crippen molar-refractivity contribution in [2.24, 2.45) is 0 Å². The van der Waals surface area contributed by atoms with Gasteiger partial charge in [0, 0.05) is 11.8 Å². The van der Waals surface area contributed by atoms with Gasteiger partial charge in [-0.25, -0.2) is 18.0 Å². The SMILES string of the molecule is Cc1cn([C@@H]2O[C@H](COP(=O)(O)OP(=O)([O-])OP(=O)([O-])O)[C@@H](O)[C@@]2(C)Cl)c(=O)[nH]c1=O. The quantitative estimate of drug-likeness (QED) is 0.214. The molecule has 2 rings (SSSR count). The van der Waals surface area contributed by atoms with E-state index < -0.39 is 64.6 Å². The number of nitrogens with one attached hydrogen (secondary N) is 1. The number of alkyl halides is 1. The van der Waals surface area contributed by atoms with E-state index >= 15 is 0 Å². The zero-order chi connectivity index (χ0) is 24.0. The van der Waals surface area contributed by atoms with E-state index in [9.17, 15) is 43.1 Å². The third-order valence-corrected chi connectivity index (χ3v) is 8.06. The van der Waals surface area contributed by atoms with Gasteiger partial charge in [-0.15, -0.1) is 11.6 Å². The van der Waals surface area contributed by atoms with Crippen LogP contribution in [-0.2, 0) is 31.6 Å². The Balaban J connectivity index is 2.17. The fourth-order valence-corrected chi connectivity index (χ4v) is 5.80. The Morgan fingerprint density at radius 3 is 2.42 bits per heavy atom. The summed E-state index contributed by atoms with van der Waals surface area (Å²) >= 11 is 6.25. The minimum absolute atomic E-state index is 0.101. The lowest BCUT2D eigenvalue weighted by Gasteiger charge is -2.28. The number of ether oxygens (including phenoxy) is 1. The van der Waals surface area contributed by atoms with Crippen molar-refractivity contribution in [3.63, 3.8) is 0 Å². The normalized spacial score (nSPS) is 32.2. The van der Waals surface area contributed by atoms with Crippen LogP contribution in [0.1, 0.15) is 18.7 Å². The molecule has 2 heterocycles. The Bertz CT molecular complexity index is 1090. The topological polar surface area (TPSA) is 250 Å². The summed E-state index contributed by atoms with van der Waals surface area (Å²) in [5.41, 5.74) is -1.51. The zero-order valence-corrected chi connectivity index (χ0v) is 19.0. The molecule has 0 aliphatic carbocycles. The molecule has 3 unspecified atom stereocenters. The van der Waals surface area contributed by atoms with Crippen LogP contribution in [0.3, 0.4) is 0 Å². The first-order valence-electron chi connectivity index (χ1n) is 7.94. The van der Waals surface area contributed by atoms with E-state index in [1.165, 1.54) is 13.8 Å². The minimum Gasteiger partial charge on any atom is -0.756 e. The van der Waals surface area contributed by atoms with Crippen LogP contribution in [-0.4, -0.2) is 48.1 Å². The molecule has 20 heteroatoms. The van der Waals surface area contributed by atoms with Crippen LogP contribution in [0.4, 0.5) is 0 Å². The molecule has 16 nitrogen and oxygen atoms in total. The molecule has 0 bridgehead atoms. The largest absolute Gasteiger partial charge is 0.756 e. The smallest absolute Gasteiger partial charge is 0.478 e.